The fraction of sp³-hybridized carbons (Fsp3) is 0.600. The van der Waals surface area contributed by atoms with Crippen LogP contribution in [0.1, 0.15) is 38.2 Å². The third-order valence-corrected chi connectivity index (χ3v) is 4.32. The van der Waals surface area contributed by atoms with E-state index in [0.717, 1.165) is 6.54 Å². The lowest BCUT2D eigenvalue weighted by Crippen LogP contribution is -2.39. The van der Waals surface area contributed by atoms with Gasteiger partial charge >= 0.3 is 0 Å². The molecule has 1 aliphatic heterocycles. The first-order valence-electron chi connectivity index (χ1n) is 6.96. The number of rotatable bonds is 4. The molecule has 0 saturated carbocycles. The van der Waals surface area contributed by atoms with E-state index in [2.05, 4.69) is 51.3 Å². The Labute approximate surface area is 119 Å². The number of halogens is 1. The van der Waals surface area contributed by atoms with Crippen molar-refractivity contribution in [2.24, 2.45) is 0 Å². The fourth-order valence-corrected chi connectivity index (χ4v) is 3.24. The van der Waals surface area contributed by atoms with Crippen LogP contribution < -0.4 is 10.2 Å². The Balaban J connectivity index is 2.31. The lowest BCUT2D eigenvalue weighted by atomic mass is 9.98. The monoisotopic (exact) mass is 310 g/mol. The van der Waals surface area contributed by atoms with Gasteiger partial charge in [-0.2, -0.15) is 0 Å². The third-order valence-electron chi connectivity index (χ3n) is 3.82. The van der Waals surface area contributed by atoms with E-state index in [-0.39, 0.29) is 0 Å². The Bertz CT molecular complexity index is 392. The lowest BCUT2D eigenvalue weighted by molar-refractivity contribution is 0.449. The maximum atomic E-state index is 3.61. The van der Waals surface area contributed by atoms with Crippen LogP contribution >= 0.6 is 15.9 Å². The highest BCUT2D eigenvalue weighted by atomic mass is 79.9. The van der Waals surface area contributed by atoms with Crippen LogP contribution in [0.15, 0.2) is 22.7 Å². The molecule has 3 heteroatoms. The van der Waals surface area contributed by atoms with E-state index >= 15 is 0 Å². The standard InChI is InChI=1S/C15H23BrN2/c1-3-14-6-4-5-9-18(14)15-10-13(16)8-7-12(15)11-17-2/h7-8,10,14,17H,3-6,9,11H2,1-2H3. The number of hydrogen-bond donors (Lipinski definition) is 1. The molecule has 0 aromatic heterocycles. The van der Waals surface area contributed by atoms with Crippen molar-refractivity contribution in [1.82, 2.24) is 5.32 Å². The van der Waals surface area contributed by atoms with E-state index in [9.17, 15) is 0 Å². The SMILES string of the molecule is CCC1CCCCN1c1cc(Br)ccc1CNC. The zero-order chi connectivity index (χ0) is 13.0. The summed E-state index contributed by atoms with van der Waals surface area (Å²) in [6, 6.07) is 7.36. The summed E-state index contributed by atoms with van der Waals surface area (Å²) in [5.41, 5.74) is 2.81. The van der Waals surface area contributed by atoms with Crippen molar-refractivity contribution in [2.75, 3.05) is 18.5 Å². The predicted octanol–water partition coefficient (Wildman–Crippen LogP) is 3.94. The molecule has 1 aromatic carbocycles. The molecule has 0 bridgehead atoms. The highest BCUT2D eigenvalue weighted by molar-refractivity contribution is 9.10. The summed E-state index contributed by atoms with van der Waals surface area (Å²) in [7, 11) is 2.01. The van der Waals surface area contributed by atoms with Gasteiger partial charge in [-0.3, -0.25) is 0 Å². The van der Waals surface area contributed by atoms with E-state index in [0.29, 0.717) is 6.04 Å². The summed E-state index contributed by atoms with van der Waals surface area (Å²) in [5, 5.41) is 3.27. The summed E-state index contributed by atoms with van der Waals surface area (Å²) in [6.45, 7) is 4.44. The number of nitrogens with zero attached hydrogens (tertiary/aromatic N) is 1. The minimum atomic E-state index is 0.712. The molecular weight excluding hydrogens is 288 g/mol. The Kier molecular flexibility index (Phi) is 5.07. The number of nitrogens with one attached hydrogen (secondary N) is 1. The van der Waals surface area contributed by atoms with E-state index in [4.69, 9.17) is 0 Å². The summed E-state index contributed by atoms with van der Waals surface area (Å²) in [6.07, 6.45) is 5.28. The van der Waals surface area contributed by atoms with Crippen molar-refractivity contribution in [2.45, 2.75) is 45.2 Å². The van der Waals surface area contributed by atoms with Crippen LogP contribution in [0.5, 0.6) is 0 Å². The molecule has 1 heterocycles. The van der Waals surface area contributed by atoms with Crippen molar-refractivity contribution in [3.63, 3.8) is 0 Å². The highest BCUT2D eigenvalue weighted by Gasteiger charge is 2.22. The minimum Gasteiger partial charge on any atom is -0.368 e. The average Bonchev–Trinajstić information content (AvgIpc) is 2.41. The average molecular weight is 311 g/mol. The highest BCUT2D eigenvalue weighted by Crippen LogP contribution is 2.31. The van der Waals surface area contributed by atoms with Crippen molar-refractivity contribution < 1.29 is 0 Å². The second-order valence-electron chi connectivity index (χ2n) is 5.05. The molecular formula is C15H23BrN2. The Morgan fingerprint density at radius 3 is 2.94 bits per heavy atom. The number of piperidine rings is 1. The van der Waals surface area contributed by atoms with Crippen LogP contribution in [0.4, 0.5) is 5.69 Å². The maximum absolute atomic E-state index is 3.61. The fourth-order valence-electron chi connectivity index (χ4n) is 2.89. The summed E-state index contributed by atoms with van der Waals surface area (Å²) < 4.78 is 1.18. The van der Waals surface area contributed by atoms with Crippen LogP contribution in [0.25, 0.3) is 0 Å². The van der Waals surface area contributed by atoms with E-state index in [1.807, 2.05) is 7.05 Å². The predicted molar refractivity (Wildman–Crippen MR) is 82.2 cm³/mol. The van der Waals surface area contributed by atoms with Gasteiger partial charge in [0.05, 0.1) is 0 Å². The van der Waals surface area contributed by atoms with Gasteiger partial charge in [0.2, 0.25) is 0 Å². The normalized spacial score (nSPS) is 20.2. The quantitative estimate of drug-likeness (QED) is 0.906. The Morgan fingerprint density at radius 2 is 2.22 bits per heavy atom. The first kappa shape index (κ1) is 13.9. The molecule has 1 aliphatic rings. The molecule has 1 aromatic rings. The minimum absolute atomic E-state index is 0.712. The number of anilines is 1. The van der Waals surface area contributed by atoms with Crippen molar-refractivity contribution in [1.29, 1.82) is 0 Å². The zero-order valence-electron chi connectivity index (χ0n) is 11.4. The third kappa shape index (κ3) is 3.07. The molecule has 100 valence electrons. The maximum Gasteiger partial charge on any atom is 0.0425 e. The van der Waals surface area contributed by atoms with E-state index < -0.39 is 0 Å². The van der Waals surface area contributed by atoms with Crippen LogP contribution in [0.3, 0.4) is 0 Å². The molecule has 1 fully saturated rings. The van der Waals surface area contributed by atoms with Crippen LogP contribution in [-0.4, -0.2) is 19.6 Å². The van der Waals surface area contributed by atoms with Gasteiger partial charge in [0.15, 0.2) is 0 Å². The second kappa shape index (κ2) is 6.58. The van der Waals surface area contributed by atoms with E-state index in [1.54, 1.807) is 0 Å². The van der Waals surface area contributed by atoms with Crippen LogP contribution in [0.2, 0.25) is 0 Å². The Hall–Kier alpha value is -0.540. The molecule has 18 heavy (non-hydrogen) atoms. The molecule has 0 spiro atoms. The van der Waals surface area contributed by atoms with Gasteiger partial charge in [0, 0.05) is 29.3 Å². The summed E-state index contributed by atoms with van der Waals surface area (Å²) in [4.78, 5) is 2.61. The largest absolute Gasteiger partial charge is 0.368 e. The van der Waals surface area contributed by atoms with Gasteiger partial charge in [-0.05, 0) is 50.4 Å². The van der Waals surface area contributed by atoms with Crippen molar-refractivity contribution in [3.05, 3.63) is 28.2 Å². The first-order chi connectivity index (χ1) is 8.76. The van der Waals surface area contributed by atoms with Gasteiger partial charge in [-0.25, -0.2) is 0 Å². The van der Waals surface area contributed by atoms with Crippen LogP contribution in [0, 0.1) is 0 Å². The van der Waals surface area contributed by atoms with Crippen molar-refractivity contribution in [3.8, 4) is 0 Å². The smallest absolute Gasteiger partial charge is 0.0425 e. The Morgan fingerprint density at radius 1 is 1.39 bits per heavy atom. The molecule has 2 rings (SSSR count). The lowest BCUT2D eigenvalue weighted by Gasteiger charge is -2.38. The summed E-state index contributed by atoms with van der Waals surface area (Å²) in [5.74, 6) is 0. The first-order valence-corrected chi connectivity index (χ1v) is 7.75. The molecule has 1 N–H and O–H groups in total. The van der Waals surface area contributed by atoms with Gasteiger partial charge in [0.25, 0.3) is 0 Å². The summed E-state index contributed by atoms with van der Waals surface area (Å²) >= 11 is 3.61. The number of benzene rings is 1. The topological polar surface area (TPSA) is 15.3 Å². The van der Waals surface area contributed by atoms with Crippen LogP contribution in [-0.2, 0) is 6.54 Å². The second-order valence-corrected chi connectivity index (χ2v) is 5.97. The molecule has 2 nitrogen and oxygen atoms in total. The molecule has 1 atom stereocenters. The molecule has 1 saturated heterocycles. The number of hydrogen-bond acceptors (Lipinski definition) is 2. The molecule has 0 radical (unpaired) electrons. The molecule has 0 amide bonds. The van der Waals surface area contributed by atoms with Gasteiger partial charge in [-0.1, -0.05) is 28.9 Å². The van der Waals surface area contributed by atoms with Gasteiger partial charge in [0.1, 0.15) is 0 Å². The zero-order valence-corrected chi connectivity index (χ0v) is 13.0. The van der Waals surface area contributed by atoms with Crippen molar-refractivity contribution >= 4 is 21.6 Å². The molecule has 1 unspecified atom stereocenters. The van der Waals surface area contributed by atoms with E-state index in [1.165, 1.54) is 48.0 Å². The van der Waals surface area contributed by atoms with Gasteiger partial charge in [-0.15, -0.1) is 0 Å². The van der Waals surface area contributed by atoms with Gasteiger partial charge < -0.3 is 10.2 Å². The molecule has 0 aliphatic carbocycles.